The van der Waals surface area contributed by atoms with E-state index in [4.69, 9.17) is 4.74 Å². The molecule has 0 radical (unpaired) electrons. The van der Waals surface area contributed by atoms with Gasteiger partial charge >= 0.3 is 0 Å². The van der Waals surface area contributed by atoms with Gasteiger partial charge in [0.05, 0.1) is 13.7 Å². The molecule has 0 heterocycles. The quantitative estimate of drug-likeness (QED) is 0.736. The van der Waals surface area contributed by atoms with Crippen molar-refractivity contribution < 1.29 is 9.53 Å². The first kappa shape index (κ1) is 16.8. The molecule has 122 valence electrons. The molecule has 1 aliphatic rings. The maximum absolute atomic E-state index is 12.1. The minimum absolute atomic E-state index is 0.0780. The number of carbonyl (C=O) groups excluding carboxylic acids is 1. The summed E-state index contributed by atoms with van der Waals surface area (Å²) in [6, 6.07) is 8.12. The van der Waals surface area contributed by atoms with E-state index in [-0.39, 0.29) is 11.9 Å². The first-order chi connectivity index (χ1) is 10.6. The van der Waals surface area contributed by atoms with E-state index in [1.54, 1.807) is 7.11 Å². The van der Waals surface area contributed by atoms with Gasteiger partial charge in [0, 0.05) is 6.04 Å². The maximum atomic E-state index is 12.1. The third-order valence-corrected chi connectivity index (χ3v) is 4.20. The van der Waals surface area contributed by atoms with Crippen LogP contribution >= 0.6 is 0 Å². The number of amides is 1. The van der Waals surface area contributed by atoms with Gasteiger partial charge in [0.2, 0.25) is 5.91 Å². The molecule has 1 saturated carbocycles. The van der Waals surface area contributed by atoms with Gasteiger partial charge in [0.25, 0.3) is 0 Å². The summed E-state index contributed by atoms with van der Waals surface area (Å²) in [4.78, 5) is 12.1. The van der Waals surface area contributed by atoms with Gasteiger partial charge in [-0.1, -0.05) is 32.0 Å². The summed E-state index contributed by atoms with van der Waals surface area (Å²) >= 11 is 0. The molecule has 22 heavy (non-hydrogen) atoms. The maximum Gasteiger partial charge on any atom is 0.234 e. The zero-order chi connectivity index (χ0) is 15.9. The lowest BCUT2D eigenvalue weighted by Gasteiger charge is -2.23. The first-order valence-electron chi connectivity index (χ1n) is 8.22. The molecule has 4 heteroatoms. The van der Waals surface area contributed by atoms with Gasteiger partial charge in [-0.3, -0.25) is 4.79 Å². The summed E-state index contributed by atoms with van der Waals surface area (Å²) in [5.41, 5.74) is 1.13. The monoisotopic (exact) mass is 304 g/mol. The fourth-order valence-corrected chi connectivity index (χ4v) is 2.53. The van der Waals surface area contributed by atoms with E-state index in [2.05, 4.69) is 30.5 Å². The first-order valence-corrected chi connectivity index (χ1v) is 8.22. The van der Waals surface area contributed by atoms with Crippen molar-refractivity contribution in [2.45, 2.75) is 39.2 Å². The summed E-state index contributed by atoms with van der Waals surface area (Å²) < 4.78 is 5.40. The Morgan fingerprint density at radius 1 is 1.32 bits per heavy atom. The Hall–Kier alpha value is -1.55. The van der Waals surface area contributed by atoms with Gasteiger partial charge in [-0.05, 0) is 49.3 Å². The Morgan fingerprint density at radius 3 is 2.68 bits per heavy atom. The number of methoxy groups -OCH3 is 1. The van der Waals surface area contributed by atoms with Crippen LogP contribution in [0, 0.1) is 11.8 Å². The Morgan fingerprint density at radius 2 is 2.05 bits per heavy atom. The summed E-state index contributed by atoms with van der Waals surface area (Å²) in [7, 11) is 1.68. The number of carbonyl (C=O) groups is 1. The standard InChI is InChI=1S/C18H28N2O2/c1-13(2)16(10-15-6-4-5-7-17(15)22-3)20-18(21)12-19-11-14-8-9-14/h4-7,13-14,16,19H,8-12H2,1-3H3,(H,20,21). The molecule has 1 aliphatic carbocycles. The van der Waals surface area contributed by atoms with Crippen LogP contribution in [0.5, 0.6) is 5.75 Å². The average Bonchev–Trinajstić information content (AvgIpc) is 3.31. The molecule has 1 amide bonds. The molecule has 0 saturated heterocycles. The van der Waals surface area contributed by atoms with Crippen molar-refractivity contribution in [2.75, 3.05) is 20.2 Å². The minimum Gasteiger partial charge on any atom is -0.496 e. The second-order valence-electron chi connectivity index (χ2n) is 6.51. The highest BCUT2D eigenvalue weighted by molar-refractivity contribution is 5.78. The van der Waals surface area contributed by atoms with E-state index in [9.17, 15) is 4.79 Å². The fourth-order valence-electron chi connectivity index (χ4n) is 2.53. The van der Waals surface area contributed by atoms with Crippen molar-refractivity contribution in [3.63, 3.8) is 0 Å². The summed E-state index contributed by atoms with van der Waals surface area (Å²) in [5.74, 6) is 2.13. The van der Waals surface area contributed by atoms with Gasteiger partial charge in [0.1, 0.15) is 5.75 Å². The van der Waals surface area contributed by atoms with E-state index in [1.165, 1.54) is 12.8 Å². The zero-order valence-electron chi connectivity index (χ0n) is 13.9. The number of nitrogens with one attached hydrogen (secondary N) is 2. The molecular formula is C18H28N2O2. The van der Waals surface area contributed by atoms with Crippen LogP contribution in [0.1, 0.15) is 32.3 Å². The molecule has 1 fully saturated rings. The molecule has 2 N–H and O–H groups in total. The normalized spacial score (nSPS) is 15.6. The topological polar surface area (TPSA) is 50.4 Å². The summed E-state index contributed by atoms with van der Waals surface area (Å²) in [5, 5.41) is 6.39. The van der Waals surface area contributed by atoms with Gasteiger partial charge in [-0.15, -0.1) is 0 Å². The Bertz CT molecular complexity index is 484. The van der Waals surface area contributed by atoms with Gasteiger partial charge in [-0.25, -0.2) is 0 Å². The van der Waals surface area contributed by atoms with Crippen LogP contribution in [0.25, 0.3) is 0 Å². The lowest BCUT2D eigenvalue weighted by Crippen LogP contribution is -2.44. The van der Waals surface area contributed by atoms with E-state index in [0.29, 0.717) is 12.5 Å². The van der Waals surface area contributed by atoms with Crippen molar-refractivity contribution in [1.82, 2.24) is 10.6 Å². The van der Waals surface area contributed by atoms with Crippen molar-refractivity contribution in [3.05, 3.63) is 29.8 Å². The van der Waals surface area contributed by atoms with E-state index >= 15 is 0 Å². The molecule has 0 aromatic heterocycles. The molecule has 4 nitrogen and oxygen atoms in total. The molecule has 1 aromatic carbocycles. The zero-order valence-corrected chi connectivity index (χ0v) is 13.9. The second-order valence-corrected chi connectivity index (χ2v) is 6.51. The smallest absolute Gasteiger partial charge is 0.234 e. The number of rotatable bonds is 9. The van der Waals surface area contributed by atoms with Crippen molar-refractivity contribution >= 4 is 5.91 Å². The van der Waals surface area contributed by atoms with Gasteiger partial charge < -0.3 is 15.4 Å². The number of hydrogen-bond acceptors (Lipinski definition) is 3. The number of ether oxygens (including phenoxy) is 1. The Kier molecular flexibility index (Phi) is 6.25. The van der Waals surface area contributed by atoms with E-state index in [1.807, 2.05) is 18.2 Å². The molecule has 1 unspecified atom stereocenters. The third kappa shape index (κ3) is 5.34. The van der Waals surface area contributed by atoms with Gasteiger partial charge in [-0.2, -0.15) is 0 Å². The van der Waals surface area contributed by atoms with Crippen LogP contribution in [0.3, 0.4) is 0 Å². The molecule has 0 aliphatic heterocycles. The van der Waals surface area contributed by atoms with Crippen LogP contribution < -0.4 is 15.4 Å². The minimum atomic E-state index is 0.0780. The highest BCUT2D eigenvalue weighted by Gasteiger charge is 2.22. The van der Waals surface area contributed by atoms with Crippen LogP contribution in [0.15, 0.2) is 24.3 Å². The van der Waals surface area contributed by atoms with E-state index in [0.717, 1.165) is 30.2 Å². The lowest BCUT2D eigenvalue weighted by molar-refractivity contribution is -0.121. The number of para-hydroxylation sites is 1. The highest BCUT2D eigenvalue weighted by atomic mass is 16.5. The molecule has 1 aromatic rings. The average molecular weight is 304 g/mol. The Balaban J connectivity index is 1.86. The molecule has 1 atom stereocenters. The lowest BCUT2D eigenvalue weighted by atomic mass is 9.96. The van der Waals surface area contributed by atoms with E-state index < -0.39 is 0 Å². The highest BCUT2D eigenvalue weighted by Crippen LogP contribution is 2.27. The Labute approximate surface area is 133 Å². The predicted octanol–water partition coefficient (Wildman–Crippen LogP) is 2.38. The largest absolute Gasteiger partial charge is 0.496 e. The number of hydrogen-bond donors (Lipinski definition) is 2. The molecular weight excluding hydrogens is 276 g/mol. The van der Waals surface area contributed by atoms with Crippen molar-refractivity contribution in [1.29, 1.82) is 0 Å². The molecule has 0 bridgehead atoms. The van der Waals surface area contributed by atoms with Crippen LogP contribution in [0.2, 0.25) is 0 Å². The van der Waals surface area contributed by atoms with Crippen LogP contribution in [0.4, 0.5) is 0 Å². The fraction of sp³-hybridized carbons (Fsp3) is 0.611. The summed E-state index contributed by atoms with van der Waals surface area (Å²) in [6.45, 7) is 5.65. The molecule has 0 spiro atoms. The SMILES string of the molecule is COc1ccccc1CC(NC(=O)CNCC1CC1)C(C)C. The summed E-state index contributed by atoms with van der Waals surface area (Å²) in [6.07, 6.45) is 3.39. The van der Waals surface area contributed by atoms with Crippen molar-refractivity contribution in [2.24, 2.45) is 11.8 Å². The third-order valence-electron chi connectivity index (χ3n) is 4.20. The second kappa shape index (κ2) is 8.18. The van der Waals surface area contributed by atoms with Gasteiger partial charge in [0.15, 0.2) is 0 Å². The predicted molar refractivity (Wildman–Crippen MR) is 89.1 cm³/mol. The molecule has 2 rings (SSSR count). The number of benzene rings is 1. The van der Waals surface area contributed by atoms with Crippen LogP contribution in [-0.2, 0) is 11.2 Å². The van der Waals surface area contributed by atoms with Crippen LogP contribution in [-0.4, -0.2) is 32.1 Å². The van der Waals surface area contributed by atoms with Crippen molar-refractivity contribution in [3.8, 4) is 5.75 Å².